The van der Waals surface area contributed by atoms with Gasteiger partial charge in [0, 0.05) is 45.8 Å². The predicted octanol–water partition coefficient (Wildman–Crippen LogP) is 2.14. The van der Waals surface area contributed by atoms with E-state index < -0.39 is 0 Å². The molecule has 2 heterocycles. The summed E-state index contributed by atoms with van der Waals surface area (Å²) in [6, 6.07) is 9.42. The van der Waals surface area contributed by atoms with E-state index in [1.807, 2.05) is 7.05 Å². The zero-order valence-electron chi connectivity index (χ0n) is 15.4. The van der Waals surface area contributed by atoms with E-state index in [1.54, 1.807) is 0 Å². The SMILES string of the molecule is CN=C(NCCc1ccc(C)cc1)N1CCC(N2CCOCC2)C1.I. The maximum Gasteiger partial charge on any atom is 0.193 e. The van der Waals surface area contributed by atoms with Crippen LogP contribution in [0.5, 0.6) is 0 Å². The summed E-state index contributed by atoms with van der Waals surface area (Å²) in [6.45, 7) is 9.10. The molecule has 0 aromatic heterocycles. The molecule has 0 spiro atoms. The number of ether oxygens (including phenoxy) is 1. The fraction of sp³-hybridized carbons (Fsp3) is 0.632. The number of morpholine rings is 1. The van der Waals surface area contributed by atoms with E-state index in [9.17, 15) is 0 Å². The molecule has 140 valence electrons. The first kappa shape index (κ1) is 20.5. The highest BCUT2D eigenvalue weighted by atomic mass is 127. The largest absolute Gasteiger partial charge is 0.379 e. The van der Waals surface area contributed by atoms with Crippen molar-refractivity contribution in [3.05, 3.63) is 35.4 Å². The molecular formula is C19H31IN4O. The minimum atomic E-state index is 0. The third kappa shape index (κ3) is 5.82. The van der Waals surface area contributed by atoms with Gasteiger partial charge in [0.25, 0.3) is 0 Å². The maximum absolute atomic E-state index is 5.47. The Morgan fingerprint density at radius 1 is 1.20 bits per heavy atom. The molecule has 0 amide bonds. The Labute approximate surface area is 168 Å². The van der Waals surface area contributed by atoms with Gasteiger partial charge < -0.3 is 15.0 Å². The molecule has 1 aromatic carbocycles. The molecule has 0 bridgehead atoms. The van der Waals surface area contributed by atoms with Crippen molar-refractivity contribution >= 4 is 29.9 Å². The smallest absolute Gasteiger partial charge is 0.193 e. The molecule has 1 N–H and O–H groups in total. The number of nitrogens with one attached hydrogen (secondary N) is 1. The maximum atomic E-state index is 5.47. The van der Waals surface area contributed by atoms with E-state index in [-0.39, 0.29) is 24.0 Å². The van der Waals surface area contributed by atoms with Crippen molar-refractivity contribution in [1.29, 1.82) is 0 Å². The second-order valence-corrected chi connectivity index (χ2v) is 6.75. The van der Waals surface area contributed by atoms with Crippen LogP contribution in [0.4, 0.5) is 0 Å². The lowest BCUT2D eigenvalue weighted by molar-refractivity contribution is 0.0195. The highest BCUT2D eigenvalue weighted by Crippen LogP contribution is 2.17. The average Bonchev–Trinajstić information content (AvgIpc) is 3.11. The average molecular weight is 458 g/mol. The van der Waals surface area contributed by atoms with Gasteiger partial charge in [-0.3, -0.25) is 9.89 Å². The van der Waals surface area contributed by atoms with Crippen molar-refractivity contribution in [2.45, 2.75) is 25.8 Å². The topological polar surface area (TPSA) is 40.1 Å². The van der Waals surface area contributed by atoms with Gasteiger partial charge in [0.2, 0.25) is 0 Å². The molecule has 1 unspecified atom stereocenters. The summed E-state index contributed by atoms with van der Waals surface area (Å²) >= 11 is 0. The Bertz CT molecular complexity index is 543. The number of likely N-dealkylation sites (tertiary alicyclic amines) is 1. The van der Waals surface area contributed by atoms with Crippen LogP contribution in [-0.4, -0.2) is 74.8 Å². The number of aryl methyl sites for hydroxylation is 1. The van der Waals surface area contributed by atoms with Crippen molar-refractivity contribution in [3.63, 3.8) is 0 Å². The van der Waals surface area contributed by atoms with E-state index in [0.29, 0.717) is 6.04 Å². The molecule has 25 heavy (non-hydrogen) atoms. The summed E-state index contributed by atoms with van der Waals surface area (Å²) in [4.78, 5) is 9.45. The zero-order chi connectivity index (χ0) is 16.8. The van der Waals surface area contributed by atoms with Gasteiger partial charge in [-0.2, -0.15) is 0 Å². The van der Waals surface area contributed by atoms with Crippen LogP contribution in [-0.2, 0) is 11.2 Å². The lowest BCUT2D eigenvalue weighted by atomic mass is 10.1. The molecule has 2 fully saturated rings. The van der Waals surface area contributed by atoms with Crippen LogP contribution in [0.15, 0.2) is 29.3 Å². The molecular weight excluding hydrogens is 427 g/mol. The number of guanidine groups is 1. The van der Waals surface area contributed by atoms with Gasteiger partial charge >= 0.3 is 0 Å². The van der Waals surface area contributed by atoms with E-state index in [0.717, 1.165) is 58.3 Å². The number of hydrogen-bond donors (Lipinski definition) is 1. The lowest BCUT2D eigenvalue weighted by Gasteiger charge is -2.32. The van der Waals surface area contributed by atoms with Gasteiger partial charge in [-0.15, -0.1) is 24.0 Å². The van der Waals surface area contributed by atoms with Crippen molar-refractivity contribution in [1.82, 2.24) is 15.1 Å². The lowest BCUT2D eigenvalue weighted by Crippen LogP contribution is -2.46. The second kappa shape index (κ2) is 10.3. The second-order valence-electron chi connectivity index (χ2n) is 6.75. The number of nitrogens with zero attached hydrogens (tertiary/aromatic N) is 3. The van der Waals surface area contributed by atoms with Crippen LogP contribution in [0.25, 0.3) is 0 Å². The van der Waals surface area contributed by atoms with Crippen LogP contribution in [0, 0.1) is 6.92 Å². The summed E-state index contributed by atoms with van der Waals surface area (Å²) in [6.07, 6.45) is 2.25. The number of aliphatic imine (C=N–C) groups is 1. The van der Waals surface area contributed by atoms with Crippen LogP contribution in [0.1, 0.15) is 17.5 Å². The highest BCUT2D eigenvalue weighted by molar-refractivity contribution is 14.0. The third-order valence-electron chi connectivity index (χ3n) is 5.05. The number of benzene rings is 1. The van der Waals surface area contributed by atoms with Crippen LogP contribution in [0.3, 0.4) is 0 Å². The number of hydrogen-bond acceptors (Lipinski definition) is 3. The number of halogens is 1. The molecule has 2 saturated heterocycles. The highest BCUT2D eigenvalue weighted by Gasteiger charge is 2.30. The monoisotopic (exact) mass is 458 g/mol. The van der Waals surface area contributed by atoms with Crippen molar-refractivity contribution in [3.8, 4) is 0 Å². The molecule has 0 radical (unpaired) electrons. The third-order valence-corrected chi connectivity index (χ3v) is 5.05. The molecule has 1 aromatic rings. The van der Waals surface area contributed by atoms with E-state index in [1.165, 1.54) is 17.5 Å². The van der Waals surface area contributed by atoms with Gasteiger partial charge in [0.1, 0.15) is 0 Å². The quantitative estimate of drug-likeness (QED) is 0.427. The first-order chi connectivity index (χ1) is 11.8. The standard InChI is InChI=1S/C19H30N4O.HI/c1-16-3-5-17(6-4-16)7-9-21-19(20-2)23-10-8-18(15-23)22-11-13-24-14-12-22;/h3-6,18H,7-15H2,1-2H3,(H,20,21);1H. The van der Waals surface area contributed by atoms with Crippen LogP contribution in [0.2, 0.25) is 0 Å². The molecule has 2 aliphatic heterocycles. The molecule has 1 atom stereocenters. The minimum absolute atomic E-state index is 0. The van der Waals surface area contributed by atoms with E-state index in [2.05, 4.69) is 51.3 Å². The van der Waals surface area contributed by atoms with Gasteiger partial charge in [-0.1, -0.05) is 29.8 Å². The normalized spacial score (nSPS) is 21.9. The van der Waals surface area contributed by atoms with Crippen LogP contribution >= 0.6 is 24.0 Å². The minimum Gasteiger partial charge on any atom is -0.379 e. The molecule has 6 heteroatoms. The molecule has 0 aliphatic carbocycles. The molecule has 0 saturated carbocycles. The van der Waals surface area contributed by atoms with E-state index in [4.69, 9.17) is 4.74 Å². The number of rotatable bonds is 4. The van der Waals surface area contributed by atoms with Gasteiger partial charge in [0.15, 0.2) is 5.96 Å². The zero-order valence-corrected chi connectivity index (χ0v) is 17.7. The fourth-order valence-corrected chi connectivity index (χ4v) is 3.58. The van der Waals surface area contributed by atoms with Gasteiger partial charge in [0.05, 0.1) is 13.2 Å². The van der Waals surface area contributed by atoms with E-state index >= 15 is 0 Å². The Hall–Kier alpha value is -0.860. The molecule has 2 aliphatic rings. The van der Waals surface area contributed by atoms with Crippen molar-refractivity contribution in [2.75, 3.05) is 53.0 Å². The Kier molecular flexibility index (Phi) is 8.45. The Balaban J connectivity index is 0.00000225. The van der Waals surface area contributed by atoms with Gasteiger partial charge in [-0.25, -0.2) is 0 Å². The van der Waals surface area contributed by atoms with Crippen molar-refractivity contribution < 1.29 is 4.74 Å². The first-order valence-corrected chi connectivity index (χ1v) is 9.09. The first-order valence-electron chi connectivity index (χ1n) is 9.09. The van der Waals surface area contributed by atoms with Crippen LogP contribution < -0.4 is 5.32 Å². The summed E-state index contributed by atoms with van der Waals surface area (Å²) in [5, 5.41) is 3.53. The summed E-state index contributed by atoms with van der Waals surface area (Å²) < 4.78 is 5.47. The predicted molar refractivity (Wildman–Crippen MR) is 114 cm³/mol. The molecule has 5 nitrogen and oxygen atoms in total. The molecule has 3 rings (SSSR count). The summed E-state index contributed by atoms with van der Waals surface area (Å²) in [5.41, 5.74) is 2.69. The Morgan fingerprint density at radius 2 is 1.92 bits per heavy atom. The fourth-order valence-electron chi connectivity index (χ4n) is 3.58. The van der Waals surface area contributed by atoms with Gasteiger partial charge in [-0.05, 0) is 25.3 Å². The Morgan fingerprint density at radius 3 is 2.60 bits per heavy atom. The van der Waals surface area contributed by atoms with Crippen molar-refractivity contribution in [2.24, 2.45) is 4.99 Å². The summed E-state index contributed by atoms with van der Waals surface area (Å²) in [7, 11) is 1.89. The summed E-state index contributed by atoms with van der Waals surface area (Å²) in [5.74, 6) is 1.04.